The van der Waals surface area contributed by atoms with E-state index < -0.39 is 56.0 Å². The molecule has 24 heavy (non-hydrogen) atoms. The average molecular weight is 510 g/mol. The molecule has 3 heteroatoms. The van der Waals surface area contributed by atoms with E-state index in [1.807, 2.05) is 0 Å². The summed E-state index contributed by atoms with van der Waals surface area (Å²) in [6, 6.07) is 12.4. The minimum Gasteiger partial charge on any atom is -0.340 e. The van der Waals surface area contributed by atoms with Crippen LogP contribution < -0.4 is 0 Å². The summed E-state index contributed by atoms with van der Waals surface area (Å²) in [5.41, 5.74) is -1.63. The minimum absolute atomic E-state index is 0. The van der Waals surface area contributed by atoms with Crippen molar-refractivity contribution in [1.29, 1.82) is 0 Å². The number of rotatable bonds is 4. The molecular formula is C21H23IrN2-. The van der Waals surface area contributed by atoms with E-state index in [9.17, 15) is 0 Å². The van der Waals surface area contributed by atoms with E-state index in [4.69, 9.17) is 19.2 Å². The summed E-state index contributed by atoms with van der Waals surface area (Å²) in [4.78, 5) is 4.20. The second kappa shape index (κ2) is 7.92. The molecule has 3 rings (SSSR count). The molecule has 0 spiro atoms. The largest absolute Gasteiger partial charge is 0.340 e. The molecule has 3 aromatic rings. The molecule has 0 N–H and O–H groups in total. The summed E-state index contributed by atoms with van der Waals surface area (Å²) in [6.45, 7) is -13.9. The molecule has 0 aliphatic carbocycles. The molecular weight excluding hydrogens is 472 g/mol. The zero-order chi connectivity index (χ0) is 28.2. The van der Waals surface area contributed by atoms with Crippen LogP contribution in [0.3, 0.4) is 0 Å². The summed E-state index contributed by atoms with van der Waals surface area (Å²) in [5.74, 6) is -6.64. The van der Waals surface area contributed by atoms with Crippen molar-refractivity contribution in [2.24, 2.45) is 0 Å². The predicted octanol–water partition coefficient (Wildman–Crippen LogP) is 5.58. The van der Waals surface area contributed by atoms with Crippen molar-refractivity contribution in [2.75, 3.05) is 0 Å². The van der Waals surface area contributed by atoms with Crippen molar-refractivity contribution in [3.63, 3.8) is 0 Å². The van der Waals surface area contributed by atoms with Crippen LogP contribution in [0.25, 0.3) is 17.1 Å². The van der Waals surface area contributed by atoms with Gasteiger partial charge in [0.25, 0.3) is 0 Å². The molecule has 0 saturated carbocycles. The fourth-order valence-electron chi connectivity index (χ4n) is 2.42. The van der Waals surface area contributed by atoms with Crippen LogP contribution >= 0.6 is 0 Å². The monoisotopic (exact) mass is 510 g/mol. The second-order valence-electron chi connectivity index (χ2n) is 4.85. The Morgan fingerprint density at radius 1 is 1.04 bits per heavy atom. The van der Waals surface area contributed by atoms with E-state index in [0.717, 1.165) is 22.8 Å². The summed E-state index contributed by atoms with van der Waals surface area (Å²) in [7, 11) is 0. The number of hydrogen-bond acceptors (Lipinski definition) is 1. The van der Waals surface area contributed by atoms with Gasteiger partial charge in [0, 0.05) is 57.4 Å². The molecule has 0 amide bonds. The molecule has 0 aliphatic heterocycles. The number of imidazole rings is 1. The maximum Gasteiger partial charge on any atom is 0.0602 e. The number of benzene rings is 2. The maximum absolute atomic E-state index is 8.79. The minimum atomic E-state index is -3.48. The zero-order valence-corrected chi connectivity index (χ0v) is 14.8. The predicted molar refractivity (Wildman–Crippen MR) is 96.0 cm³/mol. The van der Waals surface area contributed by atoms with Gasteiger partial charge >= 0.3 is 0 Å². The topological polar surface area (TPSA) is 17.8 Å². The third kappa shape index (κ3) is 3.53. The maximum atomic E-state index is 8.79. The van der Waals surface area contributed by atoms with Crippen molar-refractivity contribution in [3.8, 4) is 17.1 Å². The van der Waals surface area contributed by atoms with Gasteiger partial charge in [-0.1, -0.05) is 45.6 Å². The molecule has 0 saturated heterocycles. The van der Waals surface area contributed by atoms with Crippen LogP contribution in [0.4, 0.5) is 0 Å². The smallest absolute Gasteiger partial charge is 0.0602 e. The van der Waals surface area contributed by atoms with Crippen molar-refractivity contribution >= 4 is 0 Å². The van der Waals surface area contributed by atoms with E-state index in [1.165, 1.54) is 12.4 Å². The summed E-state index contributed by atoms with van der Waals surface area (Å²) in [5, 5.41) is 0. The summed E-state index contributed by atoms with van der Waals surface area (Å²) in [6.07, 6.45) is 2.50. The first-order valence-electron chi connectivity index (χ1n) is 13.8. The van der Waals surface area contributed by atoms with Gasteiger partial charge in [0.15, 0.2) is 0 Å². The fourth-order valence-corrected chi connectivity index (χ4v) is 2.42. The summed E-state index contributed by atoms with van der Waals surface area (Å²) < 4.78 is 114. The third-order valence-corrected chi connectivity index (χ3v) is 3.41. The molecule has 0 bridgehead atoms. The first-order chi connectivity index (χ1) is 16.7. The Bertz CT molecular complexity index is 1170. The van der Waals surface area contributed by atoms with Crippen molar-refractivity contribution < 1.29 is 39.3 Å². The van der Waals surface area contributed by atoms with Gasteiger partial charge in [-0.25, -0.2) is 0 Å². The van der Waals surface area contributed by atoms with Gasteiger partial charge in [-0.3, -0.25) is 4.98 Å². The van der Waals surface area contributed by atoms with Gasteiger partial charge in [0.05, 0.1) is 5.82 Å². The normalized spacial score (nSPS) is 22.5. The van der Waals surface area contributed by atoms with Crippen LogP contribution in [-0.4, -0.2) is 9.55 Å². The van der Waals surface area contributed by atoms with E-state index in [0.29, 0.717) is 5.56 Å². The van der Waals surface area contributed by atoms with E-state index >= 15 is 0 Å². The van der Waals surface area contributed by atoms with Crippen LogP contribution in [0, 0.1) is 6.07 Å². The fraction of sp³-hybridized carbons (Fsp3) is 0.286. The van der Waals surface area contributed by atoms with Gasteiger partial charge in [0.1, 0.15) is 0 Å². The van der Waals surface area contributed by atoms with Gasteiger partial charge < -0.3 is 4.57 Å². The number of aromatic nitrogens is 2. The zero-order valence-electron chi connectivity index (χ0n) is 26.4. The molecule has 2 aromatic carbocycles. The Balaban J connectivity index is 0.00000507. The van der Waals surface area contributed by atoms with Gasteiger partial charge in [0.2, 0.25) is 0 Å². The third-order valence-electron chi connectivity index (χ3n) is 3.41. The average Bonchev–Trinajstić information content (AvgIpc) is 3.24. The van der Waals surface area contributed by atoms with Gasteiger partial charge in [-0.05, 0) is 22.9 Å². The van der Waals surface area contributed by atoms with Crippen LogP contribution in [-0.2, 0) is 20.1 Å². The standard InChI is InChI=1S/C21H23N2.Ir/c1-15(2)18-11-8-12-19(16(3)4)20(18)23-14-13-22-21(23)17-9-6-5-7-10-17;/h5-9,11-16H,1-4H3;/q-1;/i1D3,2D3,3D3,4D3,15D,16D;. The van der Waals surface area contributed by atoms with Crippen LogP contribution in [0.2, 0.25) is 0 Å². The van der Waals surface area contributed by atoms with E-state index in [-0.39, 0.29) is 25.9 Å². The van der Waals surface area contributed by atoms with Crippen LogP contribution in [0.1, 0.15) is 69.5 Å². The SMILES string of the molecule is [2H]C([2H])([2H])C([2H])(c1cccc(C([2H])(C([2H])([2H])[2H])C([2H])([2H])[2H])c1-n1ccnc1-c1[c-]cccc1)C([2H])([2H])[2H].[Ir]. The quantitative estimate of drug-likeness (QED) is 0.420. The molecule has 0 atom stereocenters. The van der Waals surface area contributed by atoms with E-state index in [1.54, 1.807) is 24.3 Å². The van der Waals surface area contributed by atoms with Crippen molar-refractivity contribution in [2.45, 2.75) is 39.2 Å². The Kier molecular flexibility index (Phi) is 2.40. The second-order valence-corrected chi connectivity index (χ2v) is 4.85. The van der Waals surface area contributed by atoms with Crippen molar-refractivity contribution in [3.05, 3.63) is 72.1 Å². The molecule has 127 valence electrons. The first kappa shape index (κ1) is 7.27. The molecule has 0 unspecified atom stereocenters. The Morgan fingerprint density at radius 3 is 2.33 bits per heavy atom. The Morgan fingerprint density at radius 2 is 1.75 bits per heavy atom. The summed E-state index contributed by atoms with van der Waals surface area (Å²) >= 11 is 0. The number of para-hydroxylation sites is 1. The molecule has 0 aliphatic rings. The molecule has 1 aromatic heterocycles. The van der Waals surface area contributed by atoms with Crippen LogP contribution in [0.15, 0.2) is 54.9 Å². The van der Waals surface area contributed by atoms with E-state index in [2.05, 4.69) is 11.1 Å². The molecule has 1 radical (unpaired) electrons. The Labute approximate surface area is 178 Å². The van der Waals surface area contributed by atoms with Crippen LogP contribution in [0.5, 0.6) is 0 Å². The first-order valence-corrected chi connectivity index (χ1v) is 6.84. The number of nitrogens with zero attached hydrogens (tertiary/aromatic N) is 2. The molecule has 0 fully saturated rings. The van der Waals surface area contributed by atoms with Gasteiger partial charge in [-0.15, -0.1) is 35.9 Å². The molecule has 1 heterocycles. The Hall–Kier alpha value is -1.70. The number of hydrogen-bond donors (Lipinski definition) is 0. The molecule has 2 nitrogen and oxygen atoms in total. The van der Waals surface area contributed by atoms with Gasteiger partial charge in [-0.2, -0.15) is 0 Å². The van der Waals surface area contributed by atoms with Crippen molar-refractivity contribution in [1.82, 2.24) is 9.55 Å².